The minimum atomic E-state index is 0.631. The normalized spacial score (nSPS) is 10.6. The molecule has 0 aliphatic carbocycles. The predicted molar refractivity (Wildman–Crippen MR) is 102 cm³/mol. The van der Waals surface area contributed by atoms with Gasteiger partial charge in [0.25, 0.3) is 0 Å². The summed E-state index contributed by atoms with van der Waals surface area (Å²) in [6.45, 7) is 5.50. The second-order valence-electron chi connectivity index (χ2n) is 5.86. The lowest BCUT2D eigenvalue weighted by molar-refractivity contribution is 0.299. The summed E-state index contributed by atoms with van der Waals surface area (Å²) < 4.78 is 18.1. The van der Waals surface area contributed by atoms with Gasteiger partial charge in [-0.1, -0.05) is 50.2 Å². The molecular formula is C22H24O3. The second-order valence-corrected chi connectivity index (χ2v) is 5.86. The van der Waals surface area contributed by atoms with Gasteiger partial charge in [-0.2, -0.15) is 0 Å². The van der Waals surface area contributed by atoms with Gasteiger partial charge >= 0.3 is 0 Å². The first-order chi connectivity index (χ1) is 12.3. The third kappa shape index (κ3) is 4.05. The molecule has 0 saturated heterocycles. The summed E-state index contributed by atoms with van der Waals surface area (Å²) in [5.41, 5.74) is 0. The maximum atomic E-state index is 6.09. The highest BCUT2D eigenvalue weighted by atomic mass is 16.5. The minimum absolute atomic E-state index is 0.631. The van der Waals surface area contributed by atoms with Crippen LogP contribution in [0, 0.1) is 0 Å². The number of hydrogen-bond donors (Lipinski definition) is 0. The molecule has 130 valence electrons. The van der Waals surface area contributed by atoms with E-state index in [1.165, 1.54) is 0 Å². The second kappa shape index (κ2) is 8.43. The maximum Gasteiger partial charge on any atom is 0.173 e. The summed E-state index contributed by atoms with van der Waals surface area (Å²) in [5, 5.41) is 2.05. The fourth-order valence-electron chi connectivity index (χ4n) is 2.67. The van der Waals surface area contributed by atoms with Crippen LogP contribution in [0.1, 0.15) is 26.7 Å². The van der Waals surface area contributed by atoms with Gasteiger partial charge in [0.15, 0.2) is 11.5 Å². The van der Waals surface area contributed by atoms with E-state index in [0.29, 0.717) is 19.0 Å². The van der Waals surface area contributed by atoms with E-state index in [2.05, 4.69) is 19.9 Å². The van der Waals surface area contributed by atoms with Crippen molar-refractivity contribution in [2.24, 2.45) is 0 Å². The maximum absolute atomic E-state index is 6.09. The van der Waals surface area contributed by atoms with E-state index in [-0.39, 0.29) is 0 Å². The van der Waals surface area contributed by atoms with Gasteiger partial charge in [0, 0.05) is 0 Å². The van der Waals surface area contributed by atoms with E-state index in [4.69, 9.17) is 14.2 Å². The fourth-order valence-corrected chi connectivity index (χ4v) is 2.67. The predicted octanol–water partition coefficient (Wildman–Crippen LogP) is 6.21. The molecule has 0 aliphatic rings. The summed E-state index contributed by atoms with van der Waals surface area (Å²) in [4.78, 5) is 0. The Bertz CT molecular complexity index is 812. The van der Waals surface area contributed by atoms with Crippen LogP contribution in [0.15, 0.2) is 60.7 Å². The Hall–Kier alpha value is -2.68. The molecule has 3 aromatic rings. The van der Waals surface area contributed by atoms with Crippen LogP contribution in [0.25, 0.3) is 10.8 Å². The van der Waals surface area contributed by atoms with Crippen LogP contribution in [0.4, 0.5) is 0 Å². The molecule has 25 heavy (non-hydrogen) atoms. The Balaban J connectivity index is 2.09. The van der Waals surface area contributed by atoms with Gasteiger partial charge in [-0.3, -0.25) is 0 Å². The van der Waals surface area contributed by atoms with Crippen molar-refractivity contribution in [3.63, 3.8) is 0 Å². The molecule has 0 bridgehead atoms. The summed E-state index contributed by atoms with van der Waals surface area (Å²) in [6.07, 6.45) is 1.89. The van der Waals surface area contributed by atoms with Crippen LogP contribution in [0.2, 0.25) is 0 Å². The van der Waals surface area contributed by atoms with Crippen molar-refractivity contribution >= 4 is 10.8 Å². The molecule has 3 rings (SSSR count). The number of ether oxygens (including phenoxy) is 3. The van der Waals surface area contributed by atoms with Crippen LogP contribution >= 0.6 is 0 Å². The molecule has 0 radical (unpaired) electrons. The standard InChI is InChI=1S/C22H24O3/c1-3-15-23-19-12-8-9-17-13-14-20(22(21(17)19)24-16-4-2)25-18-10-6-5-7-11-18/h5-14H,3-4,15-16H2,1-2H3. The molecule has 0 unspecified atom stereocenters. The van der Waals surface area contributed by atoms with E-state index in [0.717, 1.165) is 40.9 Å². The molecule has 0 heterocycles. The lowest BCUT2D eigenvalue weighted by Gasteiger charge is -2.17. The molecule has 0 aromatic heterocycles. The van der Waals surface area contributed by atoms with Crippen LogP contribution in [-0.2, 0) is 0 Å². The smallest absolute Gasteiger partial charge is 0.173 e. The van der Waals surface area contributed by atoms with Crippen LogP contribution in [-0.4, -0.2) is 13.2 Å². The van der Waals surface area contributed by atoms with Gasteiger partial charge in [-0.25, -0.2) is 0 Å². The molecular weight excluding hydrogens is 312 g/mol. The van der Waals surface area contributed by atoms with E-state index < -0.39 is 0 Å². The quantitative estimate of drug-likeness (QED) is 0.489. The first-order valence-corrected chi connectivity index (χ1v) is 8.87. The molecule has 0 spiro atoms. The molecule has 0 atom stereocenters. The van der Waals surface area contributed by atoms with Gasteiger partial charge in [-0.05, 0) is 42.5 Å². The molecule has 0 N–H and O–H groups in total. The number of benzene rings is 3. The summed E-state index contributed by atoms with van der Waals surface area (Å²) in [7, 11) is 0. The van der Waals surface area contributed by atoms with Gasteiger partial charge in [0.2, 0.25) is 0 Å². The summed E-state index contributed by atoms with van der Waals surface area (Å²) >= 11 is 0. The largest absolute Gasteiger partial charge is 0.493 e. The third-order valence-corrected chi connectivity index (χ3v) is 3.81. The van der Waals surface area contributed by atoms with E-state index in [1.54, 1.807) is 0 Å². The lowest BCUT2D eigenvalue weighted by Crippen LogP contribution is -2.01. The van der Waals surface area contributed by atoms with Crippen molar-refractivity contribution in [1.82, 2.24) is 0 Å². The Morgan fingerprint density at radius 1 is 0.680 bits per heavy atom. The zero-order valence-electron chi connectivity index (χ0n) is 14.8. The molecule has 0 amide bonds. The Labute approximate surface area is 149 Å². The topological polar surface area (TPSA) is 27.7 Å². The highest BCUT2D eigenvalue weighted by molar-refractivity contribution is 5.96. The number of hydrogen-bond acceptors (Lipinski definition) is 3. The van der Waals surface area contributed by atoms with E-state index in [9.17, 15) is 0 Å². The van der Waals surface area contributed by atoms with Crippen LogP contribution < -0.4 is 14.2 Å². The number of rotatable bonds is 8. The SMILES string of the molecule is CCCOc1cccc2ccc(Oc3ccccc3)c(OCCC)c12. The van der Waals surface area contributed by atoms with Gasteiger partial charge in [-0.15, -0.1) is 0 Å². The molecule has 3 nitrogen and oxygen atoms in total. The summed E-state index contributed by atoms with van der Waals surface area (Å²) in [5.74, 6) is 3.08. The first-order valence-electron chi connectivity index (χ1n) is 8.87. The van der Waals surface area contributed by atoms with E-state index >= 15 is 0 Å². The highest BCUT2D eigenvalue weighted by Gasteiger charge is 2.15. The van der Waals surface area contributed by atoms with Crippen molar-refractivity contribution in [3.05, 3.63) is 60.7 Å². The van der Waals surface area contributed by atoms with Crippen LogP contribution in [0.3, 0.4) is 0 Å². The van der Waals surface area contributed by atoms with Gasteiger partial charge in [0.05, 0.1) is 18.6 Å². The molecule has 0 fully saturated rings. The Morgan fingerprint density at radius 3 is 2.20 bits per heavy atom. The Morgan fingerprint density at radius 2 is 1.44 bits per heavy atom. The van der Waals surface area contributed by atoms with Crippen molar-refractivity contribution in [1.29, 1.82) is 0 Å². The zero-order valence-corrected chi connectivity index (χ0v) is 14.8. The van der Waals surface area contributed by atoms with Crippen molar-refractivity contribution < 1.29 is 14.2 Å². The fraction of sp³-hybridized carbons (Fsp3) is 0.273. The monoisotopic (exact) mass is 336 g/mol. The minimum Gasteiger partial charge on any atom is -0.493 e. The van der Waals surface area contributed by atoms with Crippen molar-refractivity contribution in [3.8, 4) is 23.0 Å². The highest BCUT2D eigenvalue weighted by Crippen LogP contribution is 2.42. The zero-order chi connectivity index (χ0) is 17.5. The molecule has 3 aromatic carbocycles. The number of para-hydroxylation sites is 1. The lowest BCUT2D eigenvalue weighted by atomic mass is 10.1. The first kappa shape index (κ1) is 17.2. The van der Waals surface area contributed by atoms with E-state index in [1.807, 2.05) is 54.6 Å². The average Bonchev–Trinajstić information content (AvgIpc) is 2.66. The molecule has 0 aliphatic heterocycles. The average molecular weight is 336 g/mol. The molecule has 3 heteroatoms. The summed E-state index contributed by atoms with van der Waals surface area (Å²) in [6, 6.07) is 19.8. The van der Waals surface area contributed by atoms with Gasteiger partial charge in [0.1, 0.15) is 11.5 Å². The van der Waals surface area contributed by atoms with Crippen molar-refractivity contribution in [2.45, 2.75) is 26.7 Å². The Kier molecular flexibility index (Phi) is 5.78. The van der Waals surface area contributed by atoms with Crippen molar-refractivity contribution in [2.75, 3.05) is 13.2 Å². The third-order valence-electron chi connectivity index (χ3n) is 3.81. The molecule has 0 saturated carbocycles. The number of fused-ring (bicyclic) bond motifs is 1. The van der Waals surface area contributed by atoms with Gasteiger partial charge < -0.3 is 14.2 Å². The van der Waals surface area contributed by atoms with Crippen LogP contribution in [0.5, 0.6) is 23.0 Å².